The minimum Gasteiger partial charge on any atom is -0.354 e. The zero-order chi connectivity index (χ0) is 11.8. The molecule has 2 heteroatoms. The van der Waals surface area contributed by atoms with E-state index in [-0.39, 0.29) is 0 Å². The van der Waals surface area contributed by atoms with Crippen molar-refractivity contribution in [2.24, 2.45) is 0 Å². The molecule has 1 aromatic heterocycles. The maximum Gasteiger partial charge on any atom is 0.0992 e. The Morgan fingerprint density at radius 2 is 1.82 bits per heavy atom. The maximum absolute atomic E-state index is 8.96. The Kier molecular flexibility index (Phi) is 1.99. The summed E-state index contributed by atoms with van der Waals surface area (Å²) in [6.45, 7) is 3.78. The summed E-state index contributed by atoms with van der Waals surface area (Å²) in [5.74, 6) is 0. The third-order valence-electron chi connectivity index (χ3n) is 3.00. The largest absolute Gasteiger partial charge is 0.354 e. The van der Waals surface area contributed by atoms with Crippen molar-refractivity contribution in [3.8, 4) is 6.07 Å². The number of H-pyrrole nitrogens is 1. The zero-order valence-corrected chi connectivity index (χ0v) is 9.20. The first-order valence-electron chi connectivity index (χ1n) is 5.40. The number of benzene rings is 2. The van der Waals surface area contributed by atoms with Gasteiger partial charge in [-0.25, -0.2) is 0 Å². The highest BCUT2D eigenvalue weighted by Gasteiger charge is 2.08. The van der Waals surface area contributed by atoms with Crippen LogP contribution in [0.4, 0.5) is 0 Å². The smallest absolute Gasteiger partial charge is 0.0992 e. The number of hydrogen-bond donors (Lipinski definition) is 1. The first-order chi connectivity index (χ1) is 8.31. The Balaban J connectivity index is 2.49. The maximum atomic E-state index is 8.96. The van der Waals surface area contributed by atoms with Crippen LogP contribution < -0.4 is 0 Å². The Morgan fingerprint density at radius 3 is 2.65 bits per heavy atom. The van der Waals surface area contributed by atoms with E-state index >= 15 is 0 Å². The number of hydrogen-bond acceptors (Lipinski definition) is 1. The second-order valence-corrected chi connectivity index (χ2v) is 3.99. The SMILES string of the molecule is C=C(C#N)c1cccc2c1[nH]c1ccccc12. The molecule has 0 spiro atoms. The van der Waals surface area contributed by atoms with Crippen molar-refractivity contribution < 1.29 is 0 Å². The fraction of sp³-hybridized carbons (Fsp3) is 0. The molecule has 0 bridgehead atoms. The molecule has 1 heterocycles. The number of nitriles is 1. The Morgan fingerprint density at radius 1 is 1.06 bits per heavy atom. The van der Waals surface area contributed by atoms with Crippen LogP contribution in [-0.4, -0.2) is 4.98 Å². The van der Waals surface area contributed by atoms with Gasteiger partial charge in [-0.05, 0) is 6.07 Å². The monoisotopic (exact) mass is 218 g/mol. The standard InChI is InChI=1S/C15H10N2/c1-10(9-16)11-6-4-7-13-12-5-2-3-8-14(12)17-15(11)13/h2-8,17H,1H2. The van der Waals surface area contributed by atoms with Gasteiger partial charge in [-0.1, -0.05) is 43.0 Å². The summed E-state index contributed by atoms with van der Waals surface area (Å²) in [5, 5.41) is 11.3. The Labute approximate surface area is 98.8 Å². The summed E-state index contributed by atoms with van der Waals surface area (Å²) in [4.78, 5) is 3.35. The van der Waals surface area contributed by atoms with Gasteiger partial charge in [-0.2, -0.15) is 5.26 Å². The lowest BCUT2D eigenvalue weighted by molar-refractivity contribution is 1.50. The molecule has 0 saturated carbocycles. The zero-order valence-electron chi connectivity index (χ0n) is 9.20. The normalized spacial score (nSPS) is 10.5. The lowest BCUT2D eigenvalue weighted by atomic mass is 10.0. The number of allylic oxidation sites excluding steroid dienone is 1. The van der Waals surface area contributed by atoms with Crippen LogP contribution in [-0.2, 0) is 0 Å². The molecule has 0 saturated heterocycles. The van der Waals surface area contributed by atoms with E-state index in [1.807, 2.05) is 30.3 Å². The molecule has 0 amide bonds. The third kappa shape index (κ3) is 1.33. The van der Waals surface area contributed by atoms with Crippen LogP contribution in [0.2, 0.25) is 0 Å². The van der Waals surface area contributed by atoms with E-state index in [1.165, 1.54) is 5.39 Å². The number of nitrogens with zero attached hydrogens (tertiary/aromatic N) is 1. The first-order valence-corrected chi connectivity index (χ1v) is 5.40. The van der Waals surface area contributed by atoms with E-state index in [4.69, 9.17) is 5.26 Å². The number of rotatable bonds is 1. The van der Waals surface area contributed by atoms with Gasteiger partial charge in [-0.3, -0.25) is 0 Å². The van der Waals surface area contributed by atoms with Crippen LogP contribution in [0.1, 0.15) is 5.56 Å². The van der Waals surface area contributed by atoms with E-state index in [2.05, 4.69) is 29.8 Å². The van der Waals surface area contributed by atoms with E-state index in [0.717, 1.165) is 22.0 Å². The van der Waals surface area contributed by atoms with Gasteiger partial charge >= 0.3 is 0 Å². The molecule has 0 aliphatic rings. The van der Waals surface area contributed by atoms with E-state index in [9.17, 15) is 0 Å². The lowest BCUT2D eigenvalue weighted by Gasteiger charge is -1.99. The van der Waals surface area contributed by atoms with Gasteiger partial charge in [0.25, 0.3) is 0 Å². The van der Waals surface area contributed by atoms with Crippen molar-refractivity contribution in [3.05, 3.63) is 54.6 Å². The van der Waals surface area contributed by atoms with Gasteiger partial charge in [0.1, 0.15) is 0 Å². The van der Waals surface area contributed by atoms with E-state index in [1.54, 1.807) is 0 Å². The minimum atomic E-state index is 0.488. The molecular formula is C15H10N2. The van der Waals surface area contributed by atoms with Crippen LogP contribution in [0, 0.1) is 11.3 Å². The van der Waals surface area contributed by atoms with Crippen molar-refractivity contribution in [1.82, 2.24) is 4.98 Å². The number of aromatic nitrogens is 1. The van der Waals surface area contributed by atoms with Crippen LogP contribution in [0.5, 0.6) is 0 Å². The summed E-state index contributed by atoms with van der Waals surface area (Å²) in [7, 11) is 0. The molecule has 2 nitrogen and oxygen atoms in total. The topological polar surface area (TPSA) is 39.6 Å². The molecule has 3 aromatic rings. The molecule has 17 heavy (non-hydrogen) atoms. The Bertz CT molecular complexity index is 772. The van der Waals surface area contributed by atoms with Crippen LogP contribution in [0.25, 0.3) is 27.4 Å². The van der Waals surface area contributed by atoms with Crippen LogP contribution in [0.15, 0.2) is 49.0 Å². The molecule has 1 N–H and O–H groups in total. The predicted molar refractivity (Wildman–Crippen MR) is 70.5 cm³/mol. The highest BCUT2D eigenvalue weighted by Crippen LogP contribution is 2.29. The molecule has 0 aliphatic carbocycles. The molecule has 0 radical (unpaired) electrons. The van der Waals surface area contributed by atoms with E-state index < -0.39 is 0 Å². The van der Waals surface area contributed by atoms with Crippen molar-refractivity contribution >= 4 is 27.4 Å². The van der Waals surface area contributed by atoms with Gasteiger partial charge < -0.3 is 4.98 Å². The molecule has 0 fully saturated rings. The lowest BCUT2D eigenvalue weighted by Crippen LogP contribution is -1.81. The summed E-state index contributed by atoms with van der Waals surface area (Å²) < 4.78 is 0. The van der Waals surface area contributed by atoms with Gasteiger partial charge in [0.2, 0.25) is 0 Å². The number of fused-ring (bicyclic) bond motifs is 3. The Hall–Kier alpha value is -2.53. The molecule has 3 rings (SSSR count). The third-order valence-corrected chi connectivity index (χ3v) is 3.00. The molecular weight excluding hydrogens is 208 g/mol. The number of para-hydroxylation sites is 2. The van der Waals surface area contributed by atoms with Crippen molar-refractivity contribution in [2.45, 2.75) is 0 Å². The predicted octanol–water partition coefficient (Wildman–Crippen LogP) is 3.86. The summed E-state index contributed by atoms with van der Waals surface area (Å²) >= 11 is 0. The van der Waals surface area contributed by atoms with Crippen LogP contribution >= 0.6 is 0 Å². The van der Waals surface area contributed by atoms with Crippen molar-refractivity contribution in [2.75, 3.05) is 0 Å². The average Bonchev–Trinajstić information content (AvgIpc) is 2.76. The van der Waals surface area contributed by atoms with Gasteiger partial charge in [0.05, 0.1) is 17.2 Å². The van der Waals surface area contributed by atoms with Crippen molar-refractivity contribution in [3.63, 3.8) is 0 Å². The van der Waals surface area contributed by atoms with Gasteiger partial charge in [0.15, 0.2) is 0 Å². The quantitative estimate of drug-likeness (QED) is 0.619. The summed E-state index contributed by atoms with van der Waals surface area (Å²) in [6.07, 6.45) is 0. The van der Waals surface area contributed by atoms with Gasteiger partial charge in [-0.15, -0.1) is 0 Å². The fourth-order valence-corrected chi connectivity index (χ4v) is 2.18. The molecule has 80 valence electrons. The molecule has 0 aliphatic heterocycles. The minimum absolute atomic E-state index is 0.488. The summed E-state index contributed by atoms with van der Waals surface area (Å²) in [6, 6.07) is 16.2. The van der Waals surface area contributed by atoms with Crippen LogP contribution in [0.3, 0.4) is 0 Å². The van der Waals surface area contributed by atoms with Crippen molar-refractivity contribution in [1.29, 1.82) is 5.26 Å². The number of nitrogens with one attached hydrogen (secondary N) is 1. The fourth-order valence-electron chi connectivity index (χ4n) is 2.18. The highest BCUT2D eigenvalue weighted by molar-refractivity contribution is 6.10. The van der Waals surface area contributed by atoms with E-state index in [0.29, 0.717) is 5.57 Å². The second-order valence-electron chi connectivity index (χ2n) is 3.99. The average molecular weight is 218 g/mol. The molecule has 0 atom stereocenters. The molecule has 2 aromatic carbocycles. The van der Waals surface area contributed by atoms with Gasteiger partial charge in [0, 0.05) is 21.9 Å². The second kappa shape index (κ2) is 3.50. The summed E-state index contributed by atoms with van der Waals surface area (Å²) in [5.41, 5.74) is 3.43. The highest BCUT2D eigenvalue weighted by atomic mass is 14.7. The molecule has 0 unspecified atom stereocenters. The number of aromatic amines is 1. The first kappa shape index (κ1) is 9.68.